The van der Waals surface area contributed by atoms with E-state index >= 15 is 0 Å². The number of carbonyl (C=O) groups excluding carboxylic acids is 1. The number of nitro benzene ring substituents is 1. The first-order chi connectivity index (χ1) is 11.2. The summed E-state index contributed by atoms with van der Waals surface area (Å²) in [5.41, 5.74) is 0.738. The van der Waals surface area contributed by atoms with Gasteiger partial charge in [-0.2, -0.15) is 0 Å². The molecule has 0 aromatic heterocycles. The quantitative estimate of drug-likeness (QED) is 0.610. The highest BCUT2D eigenvalue weighted by molar-refractivity contribution is 5.95. The van der Waals surface area contributed by atoms with E-state index in [9.17, 15) is 19.7 Å². The van der Waals surface area contributed by atoms with Crippen LogP contribution in [0.5, 0.6) is 0 Å². The summed E-state index contributed by atoms with van der Waals surface area (Å²) in [4.78, 5) is 36.2. The van der Waals surface area contributed by atoms with Crippen LogP contribution in [0.3, 0.4) is 0 Å². The highest BCUT2D eigenvalue weighted by atomic mass is 16.6. The van der Waals surface area contributed by atoms with Crippen LogP contribution in [-0.4, -0.2) is 39.4 Å². The Morgan fingerprint density at radius 3 is 2.42 bits per heavy atom. The van der Waals surface area contributed by atoms with Crippen molar-refractivity contribution < 1.29 is 19.6 Å². The minimum atomic E-state index is -0.963. The van der Waals surface area contributed by atoms with Crippen molar-refractivity contribution in [3.05, 3.63) is 39.4 Å². The van der Waals surface area contributed by atoms with E-state index in [2.05, 4.69) is 0 Å². The molecule has 7 nitrogen and oxygen atoms in total. The van der Waals surface area contributed by atoms with E-state index < -0.39 is 16.8 Å². The summed E-state index contributed by atoms with van der Waals surface area (Å²) in [6.45, 7) is 5.37. The number of aliphatic carboxylic acids is 1. The second-order valence-corrected chi connectivity index (χ2v) is 6.61. The molecule has 0 heterocycles. The topological polar surface area (TPSA) is 101 Å². The van der Waals surface area contributed by atoms with Crippen LogP contribution in [0.25, 0.3) is 0 Å². The smallest absolute Gasteiger partial charge is 0.308 e. The lowest BCUT2D eigenvalue weighted by Gasteiger charge is -2.24. The molecule has 0 spiro atoms. The van der Waals surface area contributed by atoms with Gasteiger partial charge in [0.15, 0.2) is 0 Å². The molecule has 1 fully saturated rings. The second-order valence-electron chi connectivity index (χ2n) is 6.61. The van der Waals surface area contributed by atoms with Gasteiger partial charge >= 0.3 is 5.97 Å². The Bertz CT molecular complexity index is 667. The Hall–Kier alpha value is -2.44. The lowest BCUT2D eigenvalue weighted by molar-refractivity contribution is -0.385. The first-order valence-electron chi connectivity index (χ1n) is 8.04. The van der Waals surface area contributed by atoms with Gasteiger partial charge in [-0.3, -0.25) is 19.7 Å². The average molecular weight is 334 g/mol. The molecule has 130 valence electrons. The van der Waals surface area contributed by atoms with E-state index in [-0.39, 0.29) is 35.7 Å². The van der Waals surface area contributed by atoms with Gasteiger partial charge in [-0.1, -0.05) is 26.8 Å². The van der Waals surface area contributed by atoms with Crippen LogP contribution in [-0.2, 0) is 4.79 Å². The van der Waals surface area contributed by atoms with E-state index in [4.69, 9.17) is 5.11 Å². The van der Waals surface area contributed by atoms with Crippen molar-refractivity contribution in [1.82, 2.24) is 4.90 Å². The first kappa shape index (κ1) is 17.9. The summed E-state index contributed by atoms with van der Waals surface area (Å²) in [6, 6.07) is 4.54. The number of carboxylic acid groups (broad SMARTS) is 1. The van der Waals surface area contributed by atoms with E-state index in [1.54, 1.807) is 19.1 Å². The number of hydrogen-bond donors (Lipinski definition) is 1. The van der Waals surface area contributed by atoms with Gasteiger partial charge in [0.1, 0.15) is 0 Å². The van der Waals surface area contributed by atoms with Crippen LogP contribution in [0.15, 0.2) is 18.2 Å². The molecular formula is C17H22N2O5. The van der Waals surface area contributed by atoms with Gasteiger partial charge in [0.25, 0.3) is 11.6 Å². The molecule has 0 bridgehead atoms. The molecule has 7 heteroatoms. The van der Waals surface area contributed by atoms with E-state index in [1.165, 1.54) is 11.0 Å². The SMILES string of the molecule is CC(CN(C(=O)c1ccc(C(C)C)c([N+](=O)[O-])c1)C1CC1)C(=O)O. The molecular weight excluding hydrogens is 312 g/mol. The largest absolute Gasteiger partial charge is 0.481 e. The van der Waals surface area contributed by atoms with Crippen molar-refractivity contribution in [3.63, 3.8) is 0 Å². The number of hydrogen-bond acceptors (Lipinski definition) is 4. The molecule has 1 N–H and O–H groups in total. The molecule has 0 saturated heterocycles. The van der Waals surface area contributed by atoms with Crippen molar-refractivity contribution in [2.45, 2.75) is 45.6 Å². The van der Waals surface area contributed by atoms with Crippen LogP contribution in [0.2, 0.25) is 0 Å². The zero-order chi connectivity index (χ0) is 18.0. The lowest BCUT2D eigenvalue weighted by Crippen LogP contribution is -2.38. The number of amides is 1. The van der Waals surface area contributed by atoms with Gasteiger partial charge in [-0.05, 0) is 24.8 Å². The van der Waals surface area contributed by atoms with E-state index in [0.717, 1.165) is 12.8 Å². The number of carboxylic acids is 1. The van der Waals surface area contributed by atoms with Gasteiger partial charge in [0, 0.05) is 29.8 Å². The molecule has 1 atom stereocenters. The molecule has 1 unspecified atom stereocenters. The maximum atomic E-state index is 12.8. The lowest BCUT2D eigenvalue weighted by atomic mass is 9.98. The summed E-state index contributed by atoms with van der Waals surface area (Å²) in [5.74, 6) is -2.01. The second kappa shape index (κ2) is 6.98. The molecule has 2 rings (SSSR count). The summed E-state index contributed by atoms with van der Waals surface area (Å²) in [5, 5.41) is 20.4. The zero-order valence-electron chi connectivity index (χ0n) is 14.1. The third kappa shape index (κ3) is 3.90. The zero-order valence-corrected chi connectivity index (χ0v) is 14.1. The van der Waals surface area contributed by atoms with Crippen molar-refractivity contribution in [3.8, 4) is 0 Å². The monoisotopic (exact) mass is 334 g/mol. The third-order valence-corrected chi connectivity index (χ3v) is 4.24. The summed E-state index contributed by atoms with van der Waals surface area (Å²) in [7, 11) is 0. The number of carbonyl (C=O) groups is 2. The maximum absolute atomic E-state index is 12.8. The number of nitrogens with zero attached hydrogens (tertiary/aromatic N) is 2. The molecule has 0 aliphatic heterocycles. The van der Waals surface area contributed by atoms with Gasteiger partial charge < -0.3 is 10.0 Å². The van der Waals surface area contributed by atoms with Gasteiger partial charge in [0.05, 0.1) is 10.8 Å². The molecule has 1 amide bonds. The number of nitro groups is 1. The summed E-state index contributed by atoms with van der Waals surface area (Å²) >= 11 is 0. The standard InChI is InChI=1S/C17H22N2O5/c1-10(2)14-7-4-12(8-15(14)19(23)24)16(20)18(13-5-6-13)9-11(3)17(21)22/h4,7-8,10-11,13H,5-6,9H2,1-3H3,(H,21,22). The highest BCUT2D eigenvalue weighted by Crippen LogP contribution is 2.31. The van der Waals surface area contributed by atoms with Crippen LogP contribution in [0.4, 0.5) is 5.69 Å². The Kier molecular flexibility index (Phi) is 5.21. The third-order valence-electron chi connectivity index (χ3n) is 4.24. The fraction of sp³-hybridized carbons (Fsp3) is 0.529. The Balaban J connectivity index is 2.31. The van der Waals surface area contributed by atoms with Crippen LogP contribution >= 0.6 is 0 Å². The fourth-order valence-corrected chi connectivity index (χ4v) is 2.65. The van der Waals surface area contributed by atoms with E-state index in [0.29, 0.717) is 5.56 Å². The minimum Gasteiger partial charge on any atom is -0.481 e. The predicted molar refractivity (Wildman–Crippen MR) is 88.0 cm³/mol. The van der Waals surface area contributed by atoms with Gasteiger partial charge in [-0.25, -0.2) is 0 Å². The Morgan fingerprint density at radius 2 is 1.96 bits per heavy atom. The molecule has 1 aliphatic carbocycles. The van der Waals surface area contributed by atoms with Crippen LogP contribution < -0.4 is 0 Å². The Labute approximate surface area is 140 Å². The number of rotatable bonds is 7. The molecule has 1 saturated carbocycles. The molecule has 24 heavy (non-hydrogen) atoms. The molecule has 0 radical (unpaired) electrons. The highest BCUT2D eigenvalue weighted by Gasteiger charge is 2.35. The fourth-order valence-electron chi connectivity index (χ4n) is 2.65. The maximum Gasteiger partial charge on any atom is 0.308 e. The summed E-state index contributed by atoms with van der Waals surface area (Å²) < 4.78 is 0. The van der Waals surface area contributed by atoms with Crippen molar-refractivity contribution in [1.29, 1.82) is 0 Å². The van der Waals surface area contributed by atoms with Crippen molar-refractivity contribution >= 4 is 17.6 Å². The van der Waals surface area contributed by atoms with E-state index in [1.807, 2.05) is 13.8 Å². The molecule has 1 aromatic rings. The first-order valence-corrected chi connectivity index (χ1v) is 8.04. The molecule has 1 aliphatic rings. The summed E-state index contributed by atoms with van der Waals surface area (Å²) in [6.07, 6.45) is 1.68. The van der Waals surface area contributed by atoms with Crippen molar-refractivity contribution in [2.75, 3.05) is 6.54 Å². The van der Waals surface area contributed by atoms with Gasteiger partial charge in [-0.15, -0.1) is 0 Å². The minimum absolute atomic E-state index is 0.0267. The van der Waals surface area contributed by atoms with Gasteiger partial charge in [0.2, 0.25) is 0 Å². The average Bonchev–Trinajstić information content (AvgIpc) is 3.35. The van der Waals surface area contributed by atoms with Crippen molar-refractivity contribution in [2.24, 2.45) is 5.92 Å². The number of benzene rings is 1. The Morgan fingerprint density at radius 1 is 1.33 bits per heavy atom. The van der Waals surface area contributed by atoms with Crippen LogP contribution in [0, 0.1) is 16.0 Å². The normalized spacial score (nSPS) is 15.2. The molecule has 1 aromatic carbocycles. The van der Waals surface area contributed by atoms with Crippen LogP contribution in [0.1, 0.15) is 55.5 Å². The predicted octanol–water partition coefficient (Wildman–Crippen LogP) is 3.04.